The van der Waals surface area contributed by atoms with Crippen molar-refractivity contribution >= 4 is 47.3 Å². The fourth-order valence-corrected chi connectivity index (χ4v) is 2.67. The summed E-state index contributed by atoms with van der Waals surface area (Å²) in [4.78, 5) is 8.65. The minimum absolute atomic E-state index is 0.221. The Bertz CT molecular complexity index is 1010. The summed E-state index contributed by atoms with van der Waals surface area (Å²) in [5, 5.41) is 10.7. The van der Waals surface area contributed by atoms with Crippen LogP contribution in [0.1, 0.15) is 22.7 Å². The van der Waals surface area contributed by atoms with Crippen molar-refractivity contribution in [3.63, 3.8) is 0 Å². The molecule has 0 spiro atoms. The second-order valence-corrected chi connectivity index (χ2v) is 5.94. The molecule has 5 heteroatoms. The number of hydrogen-bond acceptors (Lipinski definition) is 4. The number of fused-ring (bicyclic) bond motifs is 1. The third-order valence-corrected chi connectivity index (χ3v) is 4.04. The molecule has 0 saturated carbocycles. The van der Waals surface area contributed by atoms with E-state index in [0.29, 0.717) is 16.6 Å². The molecule has 0 fully saturated rings. The molecule has 0 radical (unpaired) electrons. The zero-order valence-corrected chi connectivity index (χ0v) is 13.8. The number of aliphatic imine (C=N–C) groups is 1. The standard InChI is InChI=1S/C20H13ClN2O2/c21-15-8-5-13(6-9-15)7-10-19-23-18(20(24)25-19)11-14-12-22-17-4-2-1-3-16(14)17/h1-12,24H/b10-7+,14-11?. The Hall–Kier alpha value is -3.11. The highest BCUT2D eigenvalue weighted by Gasteiger charge is 2.14. The predicted octanol–water partition coefficient (Wildman–Crippen LogP) is 5.46. The first kappa shape index (κ1) is 15.4. The summed E-state index contributed by atoms with van der Waals surface area (Å²) in [6.07, 6.45) is 7.04. The normalized spacial score (nSPS) is 14.5. The molecule has 1 aromatic heterocycles. The van der Waals surface area contributed by atoms with Gasteiger partial charge in [-0.1, -0.05) is 41.9 Å². The van der Waals surface area contributed by atoms with Crippen LogP contribution >= 0.6 is 11.6 Å². The molecular weight excluding hydrogens is 336 g/mol. The number of oxazole rings is 1. The van der Waals surface area contributed by atoms with Crippen LogP contribution in [0.2, 0.25) is 5.02 Å². The number of nitrogens with zero attached hydrogens (tertiary/aromatic N) is 2. The maximum absolute atomic E-state index is 10.0. The van der Waals surface area contributed by atoms with E-state index in [4.69, 9.17) is 16.0 Å². The molecule has 0 amide bonds. The third kappa shape index (κ3) is 3.25. The maximum atomic E-state index is 10.0. The molecule has 3 aromatic rings. The molecule has 4 nitrogen and oxygen atoms in total. The number of hydrogen-bond donors (Lipinski definition) is 1. The van der Waals surface area contributed by atoms with Crippen molar-refractivity contribution in [2.75, 3.05) is 0 Å². The lowest BCUT2D eigenvalue weighted by Crippen LogP contribution is -1.81. The fraction of sp³-hybridized carbons (Fsp3) is 0. The van der Waals surface area contributed by atoms with Crippen molar-refractivity contribution in [1.29, 1.82) is 0 Å². The van der Waals surface area contributed by atoms with Gasteiger partial charge in [-0.25, -0.2) is 4.98 Å². The van der Waals surface area contributed by atoms with Crippen LogP contribution in [0.25, 0.3) is 23.8 Å². The summed E-state index contributed by atoms with van der Waals surface area (Å²) >= 11 is 5.86. The van der Waals surface area contributed by atoms with E-state index in [1.165, 1.54) is 0 Å². The van der Waals surface area contributed by atoms with Gasteiger partial charge in [0.1, 0.15) is 5.69 Å². The number of aromatic nitrogens is 1. The van der Waals surface area contributed by atoms with Crippen LogP contribution in [0.3, 0.4) is 0 Å². The molecule has 1 N–H and O–H groups in total. The summed E-state index contributed by atoms with van der Waals surface area (Å²) in [6.45, 7) is 0. The molecule has 4 rings (SSSR count). The molecular formula is C20H13ClN2O2. The molecule has 1 aliphatic rings. The average molecular weight is 349 g/mol. The number of benzene rings is 2. The van der Waals surface area contributed by atoms with Gasteiger partial charge in [-0.3, -0.25) is 4.99 Å². The van der Waals surface area contributed by atoms with Crippen LogP contribution in [0.5, 0.6) is 5.95 Å². The molecule has 0 bridgehead atoms. The van der Waals surface area contributed by atoms with Gasteiger partial charge in [-0.05, 0) is 35.9 Å². The molecule has 25 heavy (non-hydrogen) atoms. The Labute approximate surface area is 149 Å². The van der Waals surface area contributed by atoms with E-state index in [1.807, 2.05) is 42.5 Å². The van der Waals surface area contributed by atoms with Gasteiger partial charge in [0, 0.05) is 28.4 Å². The van der Waals surface area contributed by atoms with E-state index in [-0.39, 0.29) is 5.95 Å². The highest BCUT2D eigenvalue weighted by atomic mass is 35.5. The van der Waals surface area contributed by atoms with Crippen LogP contribution in [-0.2, 0) is 0 Å². The summed E-state index contributed by atoms with van der Waals surface area (Å²) in [5.74, 6) is 0.101. The van der Waals surface area contributed by atoms with Crippen molar-refractivity contribution in [2.24, 2.45) is 4.99 Å². The molecule has 0 unspecified atom stereocenters. The second kappa shape index (κ2) is 6.42. The number of para-hydroxylation sites is 1. The minimum Gasteiger partial charge on any atom is -0.479 e. The molecule has 2 aromatic carbocycles. The van der Waals surface area contributed by atoms with Crippen LogP contribution in [0, 0.1) is 0 Å². The van der Waals surface area contributed by atoms with Gasteiger partial charge in [0.15, 0.2) is 0 Å². The monoisotopic (exact) mass is 348 g/mol. The average Bonchev–Trinajstić information content (AvgIpc) is 3.19. The molecule has 122 valence electrons. The van der Waals surface area contributed by atoms with Gasteiger partial charge >= 0.3 is 5.95 Å². The van der Waals surface area contributed by atoms with E-state index in [9.17, 15) is 5.11 Å². The highest BCUT2D eigenvalue weighted by Crippen LogP contribution is 2.33. The lowest BCUT2D eigenvalue weighted by atomic mass is 10.1. The third-order valence-electron chi connectivity index (χ3n) is 3.79. The van der Waals surface area contributed by atoms with E-state index >= 15 is 0 Å². The fourth-order valence-electron chi connectivity index (χ4n) is 2.55. The number of rotatable bonds is 3. The number of halogens is 1. The zero-order valence-electron chi connectivity index (χ0n) is 13.1. The van der Waals surface area contributed by atoms with Crippen LogP contribution in [0.15, 0.2) is 57.9 Å². The first-order chi connectivity index (χ1) is 12.2. The van der Waals surface area contributed by atoms with E-state index in [1.54, 1.807) is 30.5 Å². The Morgan fingerprint density at radius 3 is 2.64 bits per heavy atom. The lowest BCUT2D eigenvalue weighted by molar-refractivity contribution is 0.328. The summed E-state index contributed by atoms with van der Waals surface area (Å²) in [7, 11) is 0. The van der Waals surface area contributed by atoms with Crippen LogP contribution in [0.4, 0.5) is 5.69 Å². The van der Waals surface area contributed by atoms with Gasteiger partial charge in [0.25, 0.3) is 0 Å². The van der Waals surface area contributed by atoms with Gasteiger partial charge in [0.05, 0.1) is 5.69 Å². The van der Waals surface area contributed by atoms with Crippen molar-refractivity contribution in [1.82, 2.24) is 4.98 Å². The second-order valence-electron chi connectivity index (χ2n) is 5.50. The van der Waals surface area contributed by atoms with E-state index < -0.39 is 0 Å². The Morgan fingerprint density at radius 2 is 1.80 bits per heavy atom. The van der Waals surface area contributed by atoms with Gasteiger partial charge in [-0.2, -0.15) is 0 Å². The highest BCUT2D eigenvalue weighted by molar-refractivity contribution is 6.30. The van der Waals surface area contributed by atoms with Gasteiger partial charge in [-0.15, -0.1) is 0 Å². The van der Waals surface area contributed by atoms with Crippen molar-refractivity contribution in [3.05, 3.63) is 76.3 Å². The Morgan fingerprint density at radius 1 is 1.00 bits per heavy atom. The SMILES string of the molecule is Oc1oc(/C=C/c2ccc(Cl)cc2)nc1C=C1C=Nc2ccccc21. The minimum atomic E-state index is -0.221. The first-order valence-corrected chi connectivity index (χ1v) is 8.05. The first-order valence-electron chi connectivity index (χ1n) is 7.68. The lowest BCUT2D eigenvalue weighted by Gasteiger charge is -1.97. The molecule has 0 atom stereocenters. The molecule has 0 saturated heterocycles. The Balaban J connectivity index is 1.60. The number of allylic oxidation sites excluding steroid dienone is 1. The van der Waals surface area contributed by atoms with Gasteiger partial charge in [0.2, 0.25) is 5.89 Å². The summed E-state index contributed by atoms with van der Waals surface area (Å²) in [5.41, 5.74) is 4.11. The van der Waals surface area contributed by atoms with E-state index in [0.717, 1.165) is 22.4 Å². The predicted molar refractivity (Wildman–Crippen MR) is 101 cm³/mol. The topological polar surface area (TPSA) is 58.6 Å². The van der Waals surface area contributed by atoms with E-state index in [2.05, 4.69) is 9.98 Å². The molecule has 2 heterocycles. The molecule has 1 aliphatic heterocycles. The summed E-state index contributed by atoms with van der Waals surface area (Å²) in [6, 6.07) is 15.2. The quantitative estimate of drug-likeness (QED) is 0.683. The summed E-state index contributed by atoms with van der Waals surface area (Å²) < 4.78 is 5.30. The Kier molecular flexibility index (Phi) is 3.96. The zero-order chi connectivity index (χ0) is 17.2. The van der Waals surface area contributed by atoms with Crippen molar-refractivity contribution in [2.45, 2.75) is 0 Å². The molecule has 0 aliphatic carbocycles. The van der Waals surface area contributed by atoms with Crippen molar-refractivity contribution < 1.29 is 9.52 Å². The van der Waals surface area contributed by atoms with Crippen LogP contribution < -0.4 is 0 Å². The van der Waals surface area contributed by atoms with Crippen LogP contribution in [-0.4, -0.2) is 16.3 Å². The largest absolute Gasteiger partial charge is 0.479 e. The maximum Gasteiger partial charge on any atom is 0.310 e. The van der Waals surface area contributed by atoms with Crippen molar-refractivity contribution in [3.8, 4) is 5.95 Å². The smallest absolute Gasteiger partial charge is 0.310 e. The van der Waals surface area contributed by atoms with Gasteiger partial charge < -0.3 is 9.52 Å². The number of aromatic hydroxyl groups is 1.